The number of aryl methyl sites for hydroxylation is 1. The van der Waals surface area contributed by atoms with Gasteiger partial charge in [0.05, 0.1) is 18.9 Å². The number of ether oxygens (including phenoxy) is 2. The van der Waals surface area contributed by atoms with Crippen molar-refractivity contribution in [2.24, 2.45) is 0 Å². The van der Waals surface area contributed by atoms with E-state index >= 15 is 0 Å². The summed E-state index contributed by atoms with van der Waals surface area (Å²) in [4.78, 5) is 19.0. The molecule has 0 N–H and O–H groups in total. The topological polar surface area (TPSA) is 51.7 Å². The van der Waals surface area contributed by atoms with Crippen LogP contribution in [0.4, 0.5) is 5.69 Å². The minimum atomic E-state index is -0.112. The Balaban J connectivity index is 2.01. The SMILES string of the molecule is CCOc1ncccc1C(=O)N1CCCOc2ccc(C)cc21. The first-order valence-electron chi connectivity index (χ1n) is 7.84. The van der Waals surface area contributed by atoms with Gasteiger partial charge in [-0.3, -0.25) is 4.79 Å². The summed E-state index contributed by atoms with van der Waals surface area (Å²) in [6.07, 6.45) is 2.41. The van der Waals surface area contributed by atoms with Crippen molar-refractivity contribution in [3.63, 3.8) is 0 Å². The maximum absolute atomic E-state index is 13.1. The first-order chi connectivity index (χ1) is 11.2. The highest BCUT2D eigenvalue weighted by atomic mass is 16.5. The molecule has 0 saturated carbocycles. The van der Waals surface area contributed by atoms with Crippen LogP contribution in [0.15, 0.2) is 36.5 Å². The molecule has 0 radical (unpaired) electrons. The van der Waals surface area contributed by atoms with Crippen LogP contribution in [0.5, 0.6) is 11.6 Å². The van der Waals surface area contributed by atoms with Crippen molar-refractivity contribution in [1.82, 2.24) is 4.98 Å². The number of carbonyl (C=O) groups is 1. The van der Waals surface area contributed by atoms with Crippen LogP contribution in [0.1, 0.15) is 29.3 Å². The minimum Gasteiger partial charge on any atom is -0.491 e. The molecule has 5 heteroatoms. The number of benzene rings is 1. The van der Waals surface area contributed by atoms with Gasteiger partial charge >= 0.3 is 0 Å². The third kappa shape index (κ3) is 3.13. The van der Waals surface area contributed by atoms with E-state index in [-0.39, 0.29) is 5.91 Å². The number of nitrogens with zero attached hydrogens (tertiary/aromatic N) is 2. The lowest BCUT2D eigenvalue weighted by Crippen LogP contribution is -2.32. The van der Waals surface area contributed by atoms with Gasteiger partial charge in [-0.15, -0.1) is 0 Å². The van der Waals surface area contributed by atoms with Crippen molar-refractivity contribution in [2.45, 2.75) is 20.3 Å². The van der Waals surface area contributed by atoms with Gasteiger partial charge in [0, 0.05) is 12.7 Å². The Labute approximate surface area is 135 Å². The van der Waals surface area contributed by atoms with Crippen molar-refractivity contribution in [2.75, 3.05) is 24.7 Å². The van der Waals surface area contributed by atoms with E-state index in [1.165, 1.54) is 0 Å². The van der Waals surface area contributed by atoms with Crippen molar-refractivity contribution in [3.8, 4) is 11.6 Å². The Kier molecular flexibility index (Phi) is 4.46. The molecule has 1 aromatic carbocycles. The highest BCUT2D eigenvalue weighted by Gasteiger charge is 2.26. The predicted molar refractivity (Wildman–Crippen MR) is 88.4 cm³/mol. The highest BCUT2D eigenvalue weighted by molar-refractivity contribution is 6.08. The molecule has 0 spiro atoms. The Bertz CT molecular complexity index is 715. The van der Waals surface area contributed by atoms with Crippen LogP contribution in [0.3, 0.4) is 0 Å². The number of fused-ring (bicyclic) bond motifs is 1. The fraction of sp³-hybridized carbons (Fsp3) is 0.333. The molecule has 0 saturated heterocycles. The van der Waals surface area contributed by atoms with Gasteiger partial charge in [0.25, 0.3) is 5.91 Å². The molecule has 1 amide bonds. The second-order valence-electron chi connectivity index (χ2n) is 5.42. The number of carbonyl (C=O) groups excluding carboxylic acids is 1. The number of amides is 1. The van der Waals surface area contributed by atoms with Gasteiger partial charge < -0.3 is 14.4 Å². The molecule has 3 rings (SSSR count). The summed E-state index contributed by atoms with van der Waals surface area (Å²) in [5.74, 6) is 1.00. The average Bonchev–Trinajstić information content (AvgIpc) is 2.77. The smallest absolute Gasteiger partial charge is 0.263 e. The maximum Gasteiger partial charge on any atom is 0.263 e. The fourth-order valence-corrected chi connectivity index (χ4v) is 2.65. The summed E-state index contributed by atoms with van der Waals surface area (Å²) < 4.78 is 11.3. The zero-order valence-corrected chi connectivity index (χ0v) is 13.4. The number of anilines is 1. The maximum atomic E-state index is 13.1. The summed E-state index contributed by atoms with van der Waals surface area (Å²) in [5, 5.41) is 0. The first kappa shape index (κ1) is 15.3. The second-order valence-corrected chi connectivity index (χ2v) is 5.42. The van der Waals surface area contributed by atoms with E-state index in [4.69, 9.17) is 9.47 Å². The second kappa shape index (κ2) is 6.69. The molecule has 120 valence electrons. The van der Waals surface area contributed by atoms with Crippen LogP contribution >= 0.6 is 0 Å². The van der Waals surface area contributed by atoms with Gasteiger partial charge in [-0.2, -0.15) is 0 Å². The molecule has 1 aliphatic heterocycles. The van der Waals surface area contributed by atoms with Crippen LogP contribution in [0, 0.1) is 6.92 Å². The summed E-state index contributed by atoms with van der Waals surface area (Å²) in [6, 6.07) is 9.39. The number of pyridine rings is 1. The summed E-state index contributed by atoms with van der Waals surface area (Å²) in [6.45, 7) is 5.56. The van der Waals surface area contributed by atoms with Crippen molar-refractivity contribution < 1.29 is 14.3 Å². The van der Waals surface area contributed by atoms with Gasteiger partial charge in [-0.1, -0.05) is 6.07 Å². The molecule has 2 aromatic rings. The number of hydrogen-bond donors (Lipinski definition) is 0. The number of aromatic nitrogens is 1. The molecule has 0 unspecified atom stereocenters. The lowest BCUT2D eigenvalue weighted by molar-refractivity contribution is 0.0982. The Morgan fingerprint density at radius 3 is 3.09 bits per heavy atom. The van der Waals surface area contributed by atoms with E-state index in [1.54, 1.807) is 23.2 Å². The summed E-state index contributed by atoms with van der Waals surface area (Å²) in [5.41, 5.74) is 2.37. The van der Waals surface area contributed by atoms with Gasteiger partial charge in [-0.05, 0) is 50.1 Å². The van der Waals surface area contributed by atoms with Crippen LogP contribution in [-0.4, -0.2) is 30.6 Å². The molecule has 5 nitrogen and oxygen atoms in total. The Morgan fingerprint density at radius 2 is 2.26 bits per heavy atom. The standard InChI is InChI=1S/C18H20N2O3/c1-3-22-17-14(6-4-9-19-17)18(21)20-10-5-11-23-16-8-7-13(2)12-15(16)20/h4,6-9,12H,3,5,10-11H2,1-2H3. The Morgan fingerprint density at radius 1 is 1.39 bits per heavy atom. The van der Waals surface area contributed by atoms with E-state index in [1.807, 2.05) is 32.0 Å². The van der Waals surface area contributed by atoms with Crippen molar-refractivity contribution in [3.05, 3.63) is 47.7 Å². The Hall–Kier alpha value is -2.56. The molecule has 0 bridgehead atoms. The monoisotopic (exact) mass is 312 g/mol. The molecule has 2 heterocycles. The zero-order chi connectivity index (χ0) is 16.2. The molecule has 0 fully saturated rings. The van der Waals surface area contributed by atoms with Gasteiger partial charge in [-0.25, -0.2) is 4.98 Å². The van der Waals surface area contributed by atoms with E-state index < -0.39 is 0 Å². The van der Waals surface area contributed by atoms with Crippen LogP contribution in [-0.2, 0) is 0 Å². The van der Waals surface area contributed by atoms with E-state index in [0.29, 0.717) is 31.2 Å². The summed E-state index contributed by atoms with van der Waals surface area (Å²) in [7, 11) is 0. The van der Waals surface area contributed by atoms with Crippen molar-refractivity contribution in [1.29, 1.82) is 0 Å². The third-order valence-electron chi connectivity index (χ3n) is 3.72. The first-order valence-corrected chi connectivity index (χ1v) is 7.84. The lowest BCUT2D eigenvalue weighted by atomic mass is 10.1. The number of rotatable bonds is 3. The molecule has 1 aromatic heterocycles. The normalized spacial score (nSPS) is 13.7. The van der Waals surface area contributed by atoms with Gasteiger partial charge in [0.15, 0.2) is 0 Å². The van der Waals surface area contributed by atoms with E-state index in [9.17, 15) is 4.79 Å². The van der Waals surface area contributed by atoms with Gasteiger partial charge in [0.2, 0.25) is 5.88 Å². The molecule has 0 aliphatic carbocycles. The quantitative estimate of drug-likeness (QED) is 0.873. The zero-order valence-electron chi connectivity index (χ0n) is 13.4. The highest BCUT2D eigenvalue weighted by Crippen LogP contribution is 2.33. The minimum absolute atomic E-state index is 0.112. The lowest BCUT2D eigenvalue weighted by Gasteiger charge is -2.23. The largest absolute Gasteiger partial charge is 0.491 e. The average molecular weight is 312 g/mol. The van der Waals surface area contributed by atoms with Crippen molar-refractivity contribution >= 4 is 11.6 Å². The van der Waals surface area contributed by atoms with E-state index in [2.05, 4.69) is 4.98 Å². The molecule has 1 aliphatic rings. The predicted octanol–water partition coefficient (Wildman–Crippen LogP) is 3.22. The molecular weight excluding hydrogens is 292 g/mol. The van der Waals surface area contributed by atoms with Crippen LogP contribution in [0.25, 0.3) is 0 Å². The van der Waals surface area contributed by atoms with E-state index in [0.717, 1.165) is 23.4 Å². The third-order valence-corrected chi connectivity index (χ3v) is 3.72. The van der Waals surface area contributed by atoms with Crippen LogP contribution < -0.4 is 14.4 Å². The fourth-order valence-electron chi connectivity index (χ4n) is 2.65. The molecule has 23 heavy (non-hydrogen) atoms. The van der Waals surface area contributed by atoms with Crippen LogP contribution in [0.2, 0.25) is 0 Å². The van der Waals surface area contributed by atoms with Gasteiger partial charge in [0.1, 0.15) is 11.3 Å². The molecular formula is C18H20N2O3. The summed E-state index contributed by atoms with van der Waals surface area (Å²) >= 11 is 0. The molecule has 0 atom stereocenters. The number of hydrogen-bond acceptors (Lipinski definition) is 4.